The summed E-state index contributed by atoms with van der Waals surface area (Å²) in [6.45, 7) is 0. The normalized spacial score (nSPS) is 22.1. The molecule has 0 aliphatic heterocycles. The van der Waals surface area contributed by atoms with E-state index in [1.54, 1.807) is 24.3 Å². The van der Waals surface area contributed by atoms with Crippen molar-refractivity contribution >= 4 is 17.5 Å². The Hall–Kier alpha value is -1.70. The second-order valence-corrected chi connectivity index (χ2v) is 5.81. The summed E-state index contributed by atoms with van der Waals surface area (Å²) in [4.78, 5) is 17.6. The maximum Gasteiger partial charge on any atom is 0.274 e. The molecule has 0 spiro atoms. The minimum absolute atomic E-state index is 0.00136. The van der Waals surface area contributed by atoms with Gasteiger partial charge < -0.3 is 4.74 Å². The third kappa shape index (κ3) is 4.66. The molecular weight excluding hydrogens is 302 g/mol. The SMILES string of the molecule is COC#CC(ONC(=O)c1ccccc1)C1CCCCC1Cl. The predicted octanol–water partition coefficient (Wildman–Crippen LogP) is 3.12. The third-order valence-corrected chi connectivity index (χ3v) is 4.28. The molecule has 1 fully saturated rings. The topological polar surface area (TPSA) is 47.6 Å². The zero-order chi connectivity index (χ0) is 15.8. The van der Waals surface area contributed by atoms with Crippen LogP contribution in [-0.4, -0.2) is 24.5 Å². The molecule has 0 aromatic heterocycles. The smallest absolute Gasteiger partial charge is 0.274 e. The van der Waals surface area contributed by atoms with Gasteiger partial charge in [0.05, 0.1) is 7.11 Å². The summed E-state index contributed by atoms with van der Waals surface area (Å²) in [5.41, 5.74) is 3.00. The molecule has 1 aromatic rings. The lowest BCUT2D eigenvalue weighted by Gasteiger charge is -2.30. The lowest BCUT2D eigenvalue weighted by molar-refractivity contribution is -0.0213. The fraction of sp³-hybridized carbons (Fsp3) is 0.471. The van der Waals surface area contributed by atoms with Crippen molar-refractivity contribution < 1.29 is 14.4 Å². The number of nitrogens with one attached hydrogen (secondary N) is 1. The van der Waals surface area contributed by atoms with Crippen LogP contribution in [0.25, 0.3) is 0 Å². The number of hydrogen-bond donors (Lipinski definition) is 1. The van der Waals surface area contributed by atoms with E-state index >= 15 is 0 Å². The lowest BCUT2D eigenvalue weighted by atomic mass is 9.85. The first kappa shape index (κ1) is 16.7. The van der Waals surface area contributed by atoms with Crippen molar-refractivity contribution in [2.45, 2.75) is 37.2 Å². The number of rotatable bonds is 4. The highest BCUT2D eigenvalue weighted by atomic mass is 35.5. The molecule has 1 aliphatic rings. The van der Waals surface area contributed by atoms with Crippen LogP contribution < -0.4 is 5.48 Å². The fourth-order valence-electron chi connectivity index (χ4n) is 2.56. The minimum atomic E-state index is -0.476. The number of amides is 1. The van der Waals surface area contributed by atoms with E-state index in [1.165, 1.54) is 7.11 Å². The van der Waals surface area contributed by atoms with Crippen molar-refractivity contribution in [1.29, 1.82) is 0 Å². The minimum Gasteiger partial charge on any atom is -0.450 e. The summed E-state index contributed by atoms with van der Waals surface area (Å²) < 4.78 is 4.79. The van der Waals surface area contributed by atoms with E-state index in [-0.39, 0.29) is 17.2 Å². The van der Waals surface area contributed by atoms with Crippen LogP contribution in [0.15, 0.2) is 30.3 Å². The molecule has 5 heteroatoms. The summed E-state index contributed by atoms with van der Waals surface area (Å²) >= 11 is 6.39. The van der Waals surface area contributed by atoms with E-state index in [2.05, 4.69) is 17.5 Å². The Morgan fingerprint density at radius 3 is 2.73 bits per heavy atom. The molecule has 4 nitrogen and oxygen atoms in total. The number of hydrogen-bond acceptors (Lipinski definition) is 3. The highest BCUT2D eigenvalue weighted by molar-refractivity contribution is 6.20. The third-order valence-electron chi connectivity index (χ3n) is 3.74. The Labute approximate surface area is 136 Å². The largest absolute Gasteiger partial charge is 0.450 e. The van der Waals surface area contributed by atoms with Crippen molar-refractivity contribution in [3.05, 3.63) is 35.9 Å². The molecule has 3 atom stereocenters. The zero-order valence-corrected chi connectivity index (χ0v) is 13.3. The molecule has 2 rings (SSSR count). The molecule has 0 heterocycles. The number of methoxy groups -OCH3 is 1. The molecule has 0 radical (unpaired) electrons. The number of ether oxygens (including phenoxy) is 1. The van der Waals surface area contributed by atoms with Crippen LogP contribution in [0.3, 0.4) is 0 Å². The van der Waals surface area contributed by atoms with Gasteiger partial charge in [-0.1, -0.05) is 31.0 Å². The van der Waals surface area contributed by atoms with Gasteiger partial charge in [0.25, 0.3) is 5.91 Å². The van der Waals surface area contributed by atoms with Gasteiger partial charge in [-0.3, -0.25) is 9.63 Å². The van der Waals surface area contributed by atoms with E-state index in [0.29, 0.717) is 5.56 Å². The molecule has 1 aliphatic carbocycles. The van der Waals surface area contributed by atoms with Crippen LogP contribution in [0.1, 0.15) is 36.0 Å². The molecular formula is C17H20ClNO3. The molecule has 1 N–H and O–H groups in total. The molecule has 0 bridgehead atoms. The van der Waals surface area contributed by atoms with E-state index < -0.39 is 6.10 Å². The zero-order valence-electron chi connectivity index (χ0n) is 12.5. The summed E-state index contributed by atoms with van der Waals surface area (Å²) in [5.74, 6) is 2.66. The van der Waals surface area contributed by atoms with E-state index in [4.69, 9.17) is 21.2 Å². The summed E-state index contributed by atoms with van der Waals surface area (Å²) in [6.07, 6.45) is 6.14. The van der Waals surface area contributed by atoms with Crippen LogP contribution in [-0.2, 0) is 9.57 Å². The maximum absolute atomic E-state index is 12.0. The first-order valence-corrected chi connectivity index (χ1v) is 7.84. The van der Waals surface area contributed by atoms with Gasteiger partial charge in [0.2, 0.25) is 0 Å². The first-order chi connectivity index (χ1) is 10.7. The highest BCUT2D eigenvalue weighted by Gasteiger charge is 2.31. The molecule has 1 saturated carbocycles. The Balaban J connectivity index is 1.99. The molecule has 22 heavy (non-hydrogen) atoms. The van der Waals surface area contributed by atoms with Crippen LogP contribution >= 0.6 is 11.6 Å². The van der Waals surface area contributed by atoms with Gasteiger partial charge in [-0.15, -0.1) is 11.6 Å². The Bertz CT molecular complexity index is 538. The van der Waals surface area contributed by atoms with Gasteiger partial charge in [0, 0.05) is 16.9 Å². The maximum atomic E-state index is 12.0. The van der Waals surface area contributed by atoms with E-state index in [9.17, 15) is 4.79 Å². The first-order valence-electron chi connectivity index (χ1n) is 7.41. The van der Waals surface area contributed by atoms with Crippen LogP contribution in [0.2, 0.25) is 0 Å². The second kappa shape index (κ2) is 8.67. The molecule has 3 unspecified atom stereocenters. The van der Waals surface area contributed by atoms with Gasteiger partial charge in [0.15, 0.2) is 6.10 Å². The number of alkyl halides is 1. The van der Waals surface area contributed by atoms with E-state index in [0.717, 1.165) is 25.7 Å². The number of benzene rings is 1. The highest BCUT2D eigenvalue weighted by Crippen LogP contribution is 2.31. The monoisotopic (exact) mass is 321 g/mol. The van der Waals surface area contributed by atoms with Crippen molar-refractivity contribution in [2.24, 2.45) is 5.92 Å². The van der Waals surface area contributed by atoms with E-state index in [1.807, 2.05) is 6.07 Å². The standard InChI is InChI=1S/C17H20ClNO3/c1-21-12-11-16(14-9-5-6-10-15(14)18)22-19-17(20)13-7-3-2-4-8-13/h2-4,7-8,14-16H,5-6,9-10H2,1H3,(H,19,20). The van der Waals surface area contributed by atoms with Gasteiger partial charge in [-0.05, 0) is 30.9 Å². The number of carbonyl (C=O) groups is 1. The Kier molecular flexibility index (Phi) is 6.57. The van der Waals surface area contributed by atoms with Crippen molar-refractivity contribution in [3.8, 4) is 12.0 Å². The predicted molar refractivity (Wildman–Crippen MR) is 85.2 cm³/mol. The van der Waals surface area contributed by atoms with Crippen LogP contribution in [0.4, 0.5) is 0 Å². The number of carbonyl (C=O) groups excluding carboxylic acids is 1. The lowest BCUT2D eigenvalue weighted by Crippen LogP contribution is -2.38. The van der Waals surface area contributed by atoms with Gasteiger partial charge in [-0.25, -0.2) is 5.48 Å². The van der Waals surface area contributed by atoms with Crippen molar-refractivity contribution in [3.63, 3.8) is 0 Å². The summed E-state index contributed by atoms with van der Waals surface area (Å²) in [5, 5.41) is -0.00136. The number of halogens is 1. The molecule has 118 valence electrons. The quantitative estimate of drug-likeness (QED) is 0.526. The molecule has 1 aromatic carbocycles. The molecule has 0 saturated heterocycles. The summed E-state index contributed by atoms with van der Waals surface area (Å²) in [6, 6.07) is 8.89. The van der Waals surface area contributed by atoms with Crippen molar-refractivity contribution in [2.75, 3.05) is 7.11 Å². The van der Waals surface area contributed by atoms with Crippen molar-refractivity contribution in [1.82, 2.24) is 5.48 Å². The van der Waals surface area contributed by atoms with Crippen LogP contribution in [0, 0.1) is 17.9 Å². The van der Waals surface area contributed by atoms with Gasteiger partial charge in [-0.2, -0.15) is 0 Å². The van der Waals surface area contributed by atoms with Gasteiger partial charge in [0.1, 0.15) is 6.11 Å². The number of hydroxylamine groups is 1. The van der Waals surface area contributed by atoms with Crippen LogP contribution in [0.5, 0.6) is 0 Å². The Morgan fingerprint density at radius 1 is 1.32 bits per heavy atom. The average Bonchev–Trinajstić information content (AvgIpc) is 2.56. The van der Waals surface area contributed by atoms with Gasteiger partial charge >= 0.3 is 0 Å². The summed E-state index contributed by atoms with van der Waals surface area (Å²) in [7, 11) is 1.49. The Morgan fingerprint density at radius 2 is 2.05 bits per heavy atom. The molecule has 1 amide bonds. The second-order valence-electron chi connectivity index (χ2n) is 5.25. The average molecular weight is 322 g/mol. The fourth-order valence-corrected chi connectivity index (χ4v) is 2.97.